The van der Waals surface area contributed by atoms with Crippen molar-refractivity contribution in [1.82, 2.24) is 20.6 Å². The summed E-state index contributed by atoms with van der Waals surface area (Å²) in [5.74, 6) is -0.138. The quantitative estimate of drug-likeness (QED) is 0.457. The van der Waals surface area contributed by atoms with Gasteiger partial charge in [0, 0.05) is 11.9 Å². The van der Waals surface area contributed by atoms with Crippen molar-refractivity contribution in [3.05, 3.63) is 41.9 Å². The largest absolute Gasteiger partial charge is 0.462 e. The summed E-state index contributed by atoms with van der Waals surface area (Å²) in [6.07, 6.45) is 3.30. The van der Waals surface area contributed by atoms with Gasteiger partial charge in [-0.25, -0.2) is 4.79 Å². The zero-order valence-electron chi connectivity index (χ0n) is 12.6. The maximum atomic E-state index is 11.8. The Kier molecular flexibility index (Phi) is 5.82. The van der Waals surface area contributed by atoms with Gasteiger partial charge in [-0.3, -0.25) is 0 Å². The fourth-order valence-electron chi connectivity index (χ4n) is 1.67. The number of hydrogen-bond donors (Lipinski definition) is 2. The molecule has 1 heterocycles. The number of esters is 1. The van der Waals surface area contributed by atoms with Crippen LogP contribution in [-0.2, 0) is 4.74 Å². The second-order valence-electron chi connectivity index (χ2n) is 4.62. The molecule has 0 saturated carbocycles. The van der Waals surface area contributed by atoms with Crippen LogP contribution in [-0.4, -0.2) is 33.2 Å². The van der Waals surface area contributed by atoms with E-state index in [1.165, 1.54) is 6.20 Å². The lowest BCUT2D eigenvalue weighted by molar-refractivity contribution is 0.0500. The molecule has 0 fully saturated rings. The van der Waals surface area contributed by atoms with Gasteiger partial charge in [0.05, 0.1) is 12.2 Å². The molecule has 1 aromatic heterocycles. The van der Waals surface area contributed by atoms with Crippen LogP contribution in [0.4, 0.5) is 5.69 Å². The van der Waals surface area contributed by atoms with Gasteiger partial charge in [0.2, 0.25) is 5.82 Å². The van der Waals surface area contributed by atoms with E-state index in [-0.39, 0.29) is 17.4 Å². The number of allylic oxidation sites excluding steroid dienone is 1. The standard InChI is InChI=1S/C15H16N6O2/c1-2-3-8-23-15(22)11-4-6-13(7-5-11)17-10-12(9-16)14-18-20-21-19-14/h4-7,10,17H,2-3,8H2,1H3,(H,18,19,20,21). The maximum Gasteiger partial charge on any atom is 0.338 e. The molecule has 0 unspecified atom stereocenters. The molecule has 2 aromatic rings. The van der Waals surface area contributed by atoms with E-state index in [4.69, 9.17) is 10.00 Å². The Bertz CT molecular complexity index is 701. The summed E-state index contributed by atoms with van der Waals surface area (Å²) in [5, 5.41) is 25.1. The average Bonchev–Trinajstić information content (AvgIpc) is 3.10. The third-order valence-corrected chi connectivity index (χ3v) is 2.94. The minimum Gasteiger partial charge on any atom is -0.462 e. The molecule has 0 spiro atoms. The van der Waals surface area contributed by atoms with Gasteiger partial charge in [-0.2, -0.15) is 10.5 Å². The number of aromatic amines is 1. The van der Waals surface area contributed by atoms with Crippen molar-refractivity contribution in [1.29, 1.82) is 5.26 Å². The molecule has 0 aliphatic rings. The lowest BCUT2D eigenvalue weighted by Gasteiger charge is -2.05. The Morgan fingerprint density at radius 2 is 2.22 bits per heavy atom. The first-order valence-electron chi connectivity index (χ1n) is 7.12. The van der Waals surface area contributed by atoms with E-state index < -0.39 is 0 Å². The van der Waals surface area contributed by atoms with Gasteiger partial charge in [0.25, 0.3) is 0 Å². The molecule has 2 N–H and O–H groups in total. The van der Waals surface area contributed by atoms with E-state index in [1.54, 1.807) is 24.3 Å². The number of tetrazole rings is 1. The number of hydrogen-bond acceptors (Lipinski definition) is 7. The maximum absolute atomic E-state index is 11.8. The Morgan fingerprint density at radius 1 is 1.43 bits per heavy atom. The van der Waals surface area contributed by atoms with Crippen molar-refractivity contribution in [3.63, 3.8) is 0 Å². The predicted molar refractivity (Wildman–Crippen MR) is 83.0 cm³/mol. The van der Waals surface area contributed by atoms with E-state index in [0.717, 1.165) is 12.8 Å². The lowest BCUT2D eigenvalue weighted by Crippen LogP contribution is -2.06. The second kappa shape index (κ2) is 8.29. The minimum atomic E-state index is -0.343. The summed E-state index contributed by atoms with van der Waals surface area (Å²) >= 11 is 0. The normalized spacial score (nSPS) is 10.9. The number of nitrogens with zero attached hydrogens (tertiary/aromatic N) is 4. The zero-order chi connectivity index (χ0) is 16.5. The monoisotopic (exact) mass is 312 g/mol. The Morgan fingerprint density at radius 3 is 2.83 bits per heavy atom. The van der Waals surface area contributed by atoms with Gasteiger partial charge >= 0.3 is 5.97 Å². The molecule has 23 heavy (non-hydrogen) atoms. The van der Waals surface area contributed by atoms with Crippen molar-refractivity contribution in [2.75, 3.05) is 11.9 Å². The van der Waals surface area contributed by atoms with Crippen LogP contribution >= 0.6 is 0 Å². The molecule has 2 rings (SSSR count). The topological polar surface area (TPSA) is 117 Å². The molecule has 8 nitrogen and oxygen atoms in total. The van der Waals surface area contributed by atoms with Gasteiger partial charge in [-0.05, 0) is 35.9 Å². The fourth-order valence-corrected chi connectivity index (χ4v) is 1.67. The summed E-state index contributed by atoms with van der Waals surface area (Å²) < 4.78 is 5.13. The molecule has 0 amide bonds. The molecule has 8 heteroatoms. The van der Waals surface area contributed by atoms with Crippen molar-refractivity contribution in [3.8, 4) is 6.07 Å². The highest BCUT2D eigenvalue weighted by molar-refractivity contribution is 5.89. The fraction of sp³-hybridized carbons (Fsp3) is 0.267. The first-order chi connectivity index (χ1) is 11.2. The number of aromatic nitrogens is 4. The highest BCUT2D eigenvalue weighted by Gasteiger charge is 2.07. The number of nitrogens with one attached hydrogen (secondary N) is 2. The molecule has 0 bridgehead atoms. The summed E-state index contributed by atoms with van der Waals surface area (Å²) in [6, 6.07) is 8.73. The van der Waals surface area contributed by atoms with E-state index in [1.807, 2.05) is 13.0 Å². The van der Waals surface area contributed by atoms with Crippen LogP contribution in [0.5, 0.6) is 0 Å². The molecule has 1 aromatic carbocycles. The van der Waals surface area contributed by atoms with Crippen LogP contribution in [0.1, 0.15) is 35.9 Å². The number of anilines is 1. The molecule has 118 valence electrons. The summed E-state index contributed by atoms with van der Waals surface area (Å²) in [5.41, 5.74) is 1.43. The number of nitriles is 1. The Balaban J connectivity index is 1.97. The van der Waals surface area contributed by atoms with Crippen LogP contribution in [0.25, 0.3) is 5.57 Å². The summed E-state index contributed by atoms with van der Waals surface area (Å²) in [4.78, 5) is 11.8. The zero-order valence-corrected chi connectivity index (χ0v) is 12.6. The van der Waals surface area contributed by atoms with Crippen molar-refractivity contribution in [2.24, 2.45) is 0 Å². The molecule has 0 aliphatic heterocycles. The predicted octanol–water partition coefficient (Wildman–Crippen LogP) is 2.13. The second-order valence-corrected chi connectivity index (χ2v) is 4.62. The van der Waals surface area contributed by atoms with Crippen LogP contribution in [0.3, 0.4) is 0 Å². The Labute approximate surface area is 133 Å². The number of rotatable bonds is 7. The number of carbonyl (C=O) groups is 1. The van der Waals surface area contributed by atoms with Gasteiger partial charge in [-0.15, -0.1) is 10.2 Å². The van der Waals surface area contributed by atoms with Crippen LogP contribution in [0, 0.1) is 11.3 Å². The van der Waals surface area contributed by atoms with E-state index in [9.17, 15) is 4.79 Å². The molecular formula is C15H16N6O2. The average molecular weight is 312 g/mol. The molecular weight excluding hydrogens is 296 g/mol. The SMILES string of the molecule is CCCCOC(=O)c1ccc(NC=C(C#N)c2nn[nH]n2)cc1. The van der Waals surface area contributed by atoms with Crippen LogP contribution in [0.15, 0.2) is 30.5 Å². The molecule has 0 radical (unpaired) electrons. The third kappa shape index (κ3) is 4.64. The molecule has 0 atom stereocenters. The van der Waals surface area contributed by atoms with E-state index in [0.29, 0.717) is 17.9 Å². The summed E-state index contributed by atoms with van der Waals surface area (Å²) in [6.45, 7) is 2.46. The lowest BCUT2D eigenvalue weighted by atomic mass is 10.2. The van der Waals surface area contributed by atoms with Gasteiger partial charge in [0.15, 0.2) is 0 Å². The van der Waals surface area contributed by atoms with Crippen LogP contribution in [0.2, 0.25) is 0 Å². The highest BCUT2D eigenvalue weighted by atomic mass is 16.5. The number of unbranched alkanes of at least 4 members (excludes halogenated alkanes) is 1. The highest BCUT2D eigenvalue weighted by Crippen LogP contribution is 2.13. The number of carbonyl (C=O) groups excluding carboxylic acids is 1. The van der Waals surface area contributed by atoms with Gasteiger partial charge in [0.1, 0.15) is 11.6 Å². The van der Waals surface area contributed by atoms with Gasteiger partial charge < -0.3 is 10.1 Å². The van der Waals surface area contributed by atoms with Crippen molar-refractivity contribution >= 4 is 17.2 Å². The molecule has 0 saturated heterocycles. The summed E-state index contributed by atoms with van der Waals surface area (Å²) in [7, 11) is 0. The Hall–Kier alpha value is -3.21. The van der Waals surface area contributed by atoms with Gasteiger partial charge in [-0.1, -0.05) is 13.3 Å². The van der Waals surface area contributed by atoms with Crippen molar-refractivity contribution in [2.45, 2.75) is 19.8 Å². The van der Waals surface area contributed by atoms with Crippen LogP contribution < -0.4 is 5.32 Å². The third-order valence-electron chi connectivity index (χ3n) is 2.94. The minimum absolute atomic E-state index is 0.205. The first-order valence-corrected chi connectivity index (χ1v) is 7.12. The molecule has 0 aliphatic carbocycles. The van der Waals surface area contributed by atoms with E-state index in [2.05, 4.69) is 25.9 Å². The van der Waals surface area contributed by atoms with E-state index >= 15 is 0 Å². The number of ether oxygens (including phenoxy) is 1. The number of benzene rings is 1. The van der Waals surface area contributed by atoms with Crippen molar-refractivity contribution < 1.29 is 9.53 Å². The smallest absolute Gasteiger partial charge is 0.338 e. The number of H-pyrrole nitrogens is 1. The first kappa shape index (κ1) is 16.2.